The fourth-order valence-corrected chi connectivity index (χ4v) is 3.66. The van der Waals surface area contributed by atoms with Crippen molar-refractivity contribution in [1.82, 2.24) is 0 Å². The van der Waals surface area contributed by atoms with E-state index in [1.54, 1.807) is 0 Å². The van der Waals surface area contributed by atoms with Crippen LogP contribution in [0.5, 0.6) is 0 Å². The van der Waals surface area contributed by atoms with Crippen molar-refractivity contribution in [1.29, 1.82) is 0 Å². The summed E-state index contributed by atoms with van der Waals surface area (Å²) in [5.41, 5.74) is 1.03. The smallest absolute Gasteiger partial charge is 0.306 e. The van der Waals surface area contributed by atoms with Gasteiger partial charge in [0.1, 0.15) is 6.10 Å². The Hall–Kier alpha value is -2.10. The van der Waals surface area contributed by atoms with E-state index in [1.165, 1.54) is 12.8 Å². The molecule has 0 bridgehead atoms. The van der Waals surface area contributed by atoms with Gasteiger partial charge in [-0.25, -0.2) is 0 Å². The zero-order valence-electron chi connectivity index (χ0n) is 17.8. The topological polar surface area (TPSA) is 52.6 Å². The lowest BCUT2D eigenvalue weighted by Gasteiger charge is -2.24. The molecule has 0 radical (unpaired) electrons. The number of rotatable bonds is 13. The molecule has 0 amide bonds. The first-order valence-corrected chi connectivity index (χ1v) is 11.3. The predicted molar refractivity (Wildman–Crippen MR) is 115 cm³/mol. The normalized spacial score (nSPS) is 16.9. The summed E-state index contributed by atoms with van der Waals surface area (Å²) in [6.45, 7) is 2.63. The minimum atomic E-state index is -0.241. The maximum Gasteiger partial charge on any atom is 0.306 e. The minimum absolute atomic E-state index is 0.221. The van der Waals surface area contributed by atoms with Crippen molar-refractivity contribution in [2.24, 2.45) is 5.92 Å². The predicted octanol–water partition coefficient (Wildman–Crippen LogP) is 6.31. The summed E-state index contributed by atoms with van der Waals surface area (Å²) >= 11 is 0. The van der Waals surface area contributed by atoms with Crippen molar-refractivity contribution < 1.29 is 19.1 Å². The maximum atomic E-state index is 12.4. The van der Waals surface area contributed by atoms with Crippen LogP contribution in [0, 0.1) is 5.92 Å². The van der Waals surface area contributed by atoms with Crippen molar-refractivity contribution in [3.8, 4) is 0 Å². The van der Waals surface area contributed by atoms with E-state index in [2.05, 4.69) is 19.1 Å². The number of allylic oxidation sites excluding steroid dienone is 2. The molecule has 0 aliphatic heterocycles. The molecule has 2 rings (SSSR count). The Balaban J connectivity index is 1.73. The lowest BCUT2D eigenvalue weighted by atomic mass is 9.89. The summed E-state index contributed by atoms with van der Waals surface area (Å²) in [5.74, 6) is -0.0138. The van der Waals surface area contributed by atoms with Gasteiger partial charge in [-0.3, -0.25) is 9.59 Å². The number of carbonyl (C=O) groups excluding carboxylic acids is 2. The van der Waals surface area contributed by atoms with Crippen LogP contribution in [0.3, 0.4) is 0 Å². The molecule has 0 saturated heterocycles. The van der Waals surface area contributed by atoms with Gasteiger partial charge >= 0.3 is 11.9 Å². The van der Waals surface area contributed by atoms with Crippen molar-refractivity contribution in [2.45, 2.75) is 83.7 Å². The SMILES string of the molecule is CCCCCCOC(=O)CCCC(=O)OC(CC1C=CCCC1)c1ccccc1. The van der Waals surface area contributed by atoms with E-state index >= 15 is 0 Å². The molecule has 2 atom stereocenters. The summed E-state index contributed by atoms with van der Waals surface area (Å²) in [5, 5.41) is 0. The second-order valence-corrected chi connectivity index (χ2v) is 7.88. The van der Waals surface area contributed by atoms with Crippen LogP contribution < -0.4 is 0 Å². The van der Waals surface area contributed by atoms with Gasteiger partial charge in [0, 0.05) is 12.8 Å². The number of hydrogen-bond donors (Lipinski definition) is 0. The first-order valence-electron chi connectivity index (χ1n) is 11.3. The van der Waals surface area contributed by atoms with E-state index in [1.807, 2.05) is 30.3 Å². The molecule has 4 nitrogen and oxygen atoms in total. The average Bonchev–Trinajstić information content (AvgIpc) is 2.74. The molecule has 0 N–H and O–H groups in total. The Labute approximate surface area is 175 Å². The van der Waals surface area contributed by atoms with Gasteiger partial charge in [0.25, 0.3) is 0 Å². The first kappa shape index (κ1) is 23.2. The number of ether oxygens (including phenoxy) is 2. The van der Waals surface area contributed by atoms with Crippen molar-refractivity contribution in [2.75, 3.05) is 6.61 Å². The Morgan fingerprint density at radius 1 is 1.03 bits per heavy atom. The number of unbranched alkanes of at least 4 members (excludes halogenated alkanes) is 3. The number of benzene rings is 1. The van der Waals surface area contributed by atoms with Crippen LogP contribution in [-0.2, 0) is 19.1 Å². The van der Waals surface area contributed by atoms with Crippen LogP contribution in [0.2, 0.25) is 0 Å². The molecular formula is C25H36O4. The van der Waals surface area contributed by atoms with E-state index in [0.717, 1.165) is 44.1 Å². The van der Waals surface area contributed by atoms with E-state index < -0.39 is 0 Å². The molecular weight excluding hydrogens is 364 g/mol. The molecule has 29 heavy (non-hydrogen) atoms. The number of hydrogen-bond acceptors (Lipinski definition) is 4. The van der Waals surface area contributed by atoms with Crippen LogP contribution in [-0.4, -0.2) is 18.5 Å². The van der Waals surface area contributed by atoms with Crippen molar-refractivity contribution in [3.63, 3.8) is 0 Å². The summed E-state index contributed by atoms with van der Waals surface area (Å²) in [4.78, 5) is 24.2. The molecule has 0 fully saturated rings. The van der Waals surface area contributed by atoms with Crippen molar-refractivity contribution in [3.05, 3.63) is 48.0 Å². The lowest BCUT2D eigenvalue weighted by Crippen LogP contribution is -2.16. The Kier molecular flexibility index (Phi) is 11.2. The van der Waals surface area contributed by atoms with E-state index in [-0.39, 0.29) is 30.9 Å². The molecule has 1 aliphatic carbocycles. The monoisotopic (exact) mass is 400 g/mol. The molecule has 2 unspecified atom stereocenters. The Morgan fingerprint density at radius 3 is 2.55 bits per heavy atom. The molecule has 1 aromatic rings. The van der Waals surface area contributed by atoms with E-state index in [0.29, 0.717) is 18.9 Å². The van der Waals surface area contributed by atoms with E-state index in [9.17, 15) is 9.59 Å². The zero-order chi connectivity index (χ0) is 20.7. The Bertz CT molecular complexity index is 623. The number of esters is 2. The zero-order valence-corrected chi connectivity index (χ0v) is 17.8. The van der Waals surface area contributed by atoms with Crippen molar-refractivity contribution >= 4 is 11.9 Å². The van der Waals surface area contributed by atoms with Crippen LogP contribution in [0.25, 0.3) is 0 Å². The molecule has 0 heterocycles. The second-order valence-electron chi connectivity index (χ2n) is 7.88. The fraction of sp³-hybridized carbons (Fsp3) is 0.600. The molecule has 4 heteroatoms. The highest BCUT2D eigenvalue weighted by molar-refractivity contribution is 5.72. The third kappa shape index (κ3) is 9.78. The highest BCUT2D eigenvalue weighted by atomic mass is 16.5. The molecule has 1 aliphatic rings. The molecule has 0 aromatic heterocycles. The van der Waals surface area contributed by atoms with Crippen LogP contribution in [0.1, 0.15) is 89.2 Å². The van der Waals surface area contributed by atoms with Crippen LogP contribution >= 0.6 is 0 Å². The molecule has 0 saturated carbocycles. The van der Waals surface area contributed by atoms with Crippen LogP contribution in [0.15, 0.2) is 42.5 Å². The Morgan fingerprint density at radius 2 is 1.83 bits per heavy atom. The van der Waals surface area contributed by atoms with Gasteiger partial charge in [-0.1, -0.05) is 68.7 Å². The third-order valence-electron chi connectivity index (χ3n) is 5.34. The van der Waals surface area contributed by atoms with Crippen LogP contribution in [0.4, 0.5) is 0 Å². The lowest BCUT2D eigenvalue weighted by molar-refractivity contribution is -0.150. The second kappa shape index (κ2) is 14.0. The quantitative estimate of drug-likeness (QED) is 0.221. The summed E-state index contributed by atoms with van der Waals surface area (Å²) in [7, 11) is 0. The minimum Gasteiger partial charge on any atom is -0.466 e. The van der Waals surface area contributed by atoms with Gasteiger partial charge in [-0.2, -0.15) is 0 Å². The van der Waals surface area contributed by atoms with Gasteiger partial charge in [-0.15, -0.1) is 0 Å². The van der Waals surface area contributed by atoms with Gasteiger partial charge in [0.15, 0.2) is 0 Å². The summed E-state index contributed by atoms with van der Waals surface area (Å²) in [6, 6.07) is 9.95. The fourth-order valence-electron chi connectivity index (χ4n) is 3.66. The van der Waals surface area contributed by atoms with Gasteiger partial charge in [0.2, 0.25) is 0 Å². The molecule has 1 aromatic carbocycles. The van der Waals surface area contributed by atoms with Gasteiger partial charge in [-0.05, 0) is 50.0 Å². The third-order valence-corrected chi connectivity index (χ3v) is 5.34. The highest BCUT2D eigenvalue weighted by Crippen LogP contribution is 2.31. The molecule has 160 valence electrons. The highest BCUT2D eigenvalue weighted by Gasteiger charge is 2.21. The largest absolute Gasteiger partial charge is 0.466 e. The standard InChI is InChI=1S/C25H36O4/c1-2-3-4-11-19-28-24(26)17-12-18-25(27)29-23(22-15-9-6-10-16-22)20-21-13-7-5-8-14-21/h6-7,9-10,13,15-16,21,23H,2-5,8,11-12,14,17-20H2,1H3. The van der Waals surface area contributed by atoms with Gasteiger partial charge in [0.05, 0.1) is 6.61 Å². The number of carbonyl (C=O) groups is 2. The average molecular weight is 401 g/mol. The maximum absolute atomic E-state index is 12.4. The summed E-state index contributed by atoms with van der Waals surface area (Å²) in [6.07, 6.45) is 13.8. The van der Waals surface area contributed by atoms with E-state index in [4.69, 9.17) is 9.47 Å². The first-order chi connectivity index (χ1) is 14.2. The molecule has 0 spiro atoms. The van der Waals surface area contributed by atoms with Gasteiger partial charge < -0.3 is 9.47 Å². The summed E-state index contributed by atoms with van der Waals surface area (Å²) < 4.78 is 11.0.